The quantitative estimate of drug-likeness (QED) is 0.216. The zero-order valence-corrected chi connectivity index (χ0v) is 21.7. The first-order valence-electron chi connectivity index (χ1n) is 11.0. The van der Waals surface area contributed by atoms with Crippen LogP contribution >= 0.6 is 7.82 Å². The van der Waals surface area contributed by atoms with E-state index in [1.807, 2.05) is 31.3 Å². The third-order valence-corrected chi connectivity index (χ3v) is 5.49. The summed E-state index contributed by atoms with van der Waals surface area (Å²) in [7, 11) is -0.540. The fourth-order valence-electron chi connectivity index (χ4n) is 2.78. The minimum absolute atomic E-state index is 0. The van der Waals surface area contributed by atoms with E-state index < -0.39 is 45.9 Å². The molecule has 12 nitrogen and oxygen atoms in total. The highest BCUT2D eigenvalue weighted by Gasteiger charge is 2.32. The van der Waals surface area contributed by atoms with Gasteiger partial charge in [-0.05, 0) is 65.9 Å². The maximum atomic E-state index is 13.4. The van der Waals surface area contributed by atoms with E-state index in [9.17, 15) is 14.2 Å². The maximum absolute atomic E-state index is 13.4. The molecule has 2 rings (SSSR count). The number of likely N-dealkylation sites (N-methyl/N-ethyl adjacent to an activating group) is 1. The van der Waals surface area contributed by atoms with Crippen LogP contribution in [0.5, 0.6) is 5.75 Å². The molecule has 0 aliphatic rings. The van der Waals surface area contributed by atoms with Crippen LogP contribution in [0.2, 0.25) is 0 Å². The van der Waals surface area contributed by atoms with Crippen molar-refractivity contribution in [3.8, 4) is 5.75 Å². The van der Waals surface area contributed by atoms with Gasteiger partial charge < -0.3 is 33.4 Å². The SMILES string of the molecule is CC(C)OC(=O)OCOP(=O)(OCOC(=O)OC(C)C)Oc1cccc2[nH]cc(CCN(C)C)c12.[HH]. The molecule has 0 saturated heterocycles. The van der Waals surface area contributed by atoms with Crippen molar-refractivity contribution in [3.63, 3.8) is 0 Å². The number of carbonyl (C=O) groups is 2. The highest BCUT2D eigenvalue weighted by Crippen LogP contribution is 2.51. The molecule has 0 aliphatic heterocycles. The average Bonchev–Trinajstić information content (AvgIpc) is 3.15. The molecule has 0 unspecified atom stereocenters. The van der Waals surface area contributed by atoms with Gasteiger partial charge in [-0.1, -0.05) is 6.07 Å². The molecule has 1 aromatic carbocycles. The number of H-pyrrole nitrogens is 1. The van der Waals surface area contributed by atoms with Crippen molar-refractivity contribution in [1.82, 2.24) is 9.88 Å². The summed E-state index contributed by atoms with van der Waals surface area (Å²) in [6, 6.07) is 5.13. The lowest BCUT2D eigenvalue weighted by Gasteiger charge is -2.19. The molecule has 1 heterocycles. The molecule has 0 spiro atoms. The van der Waals surface area contributed by atoms with Gasteiger partial charge in [0.2, 0.25) is 13.6 Å². The van der Waals surface area contributed by atoms with Crippen LogP contribution < -0.4 is 4.52 Å². The Hall–Kier alpha value is -2.79. The number of phosphoric acid groups is 1. The van der Waals surface area contributed by atoms with E-state index in [4.69, 9.17) is 32.5 Å². The standard InChI is InChI=1S/C22H33N2O10P.H2/c1-15(2)32-21(25)28-13-30-35(27,31-14-29-22(26)33-16(3)4)34-19-9-7-8-18-20(19)17(12-23-18)10-11-24(5)6;/h7-9,12,15-16,23H,10-11,13-14H2,1-6H3;1H. The van der Waals surface area contributed by atoms with Crippen molar-refractivity contribution < 1.29 is 48.1 Å². The highest BCUT2D eigenvalue weighted by atomic mass is 31.2. The van der Waals surface area contributed by atoms with Crippen molar-refractivity contribution in [2.24, 2.45) is 0 Å². The number of fused-ring (bicyclic) bond motifs is 1. The Morgan fingerprint density at radius 2 is 1.57 bits per heavy atom. The van der Waals surface area contributed by atoms with Crippen molar-refractivity contribution in [2.45, 2.75) is 46.3 Å². The Bertz CT molecular complexity index is 995. The number of carbonyl (C=O) groups excluding carboxylic acids is 2. The molecule has 1 N–H and O–H groups in total. The van der Waals surface area contributed by atoms with Crippen molar-refractivity contribution in [2.75, 3.05) is 34.2 Å². The molecule has 0 fully saturated rings. The van der Waals surface area contributed by atoms with E-state index >= 15 is 0 Å². The van der Waals surface area contributed by atoms with Crippen LogP contribution in [0.4, 0.5) is 9.59 Å². The summed E-state index contributed by atoms with van der Waals surface area (Å²) < 4.78 is 48.5. The molecule has 0 atom stereocenters. The van der Waals surface area contributed by atoms with Crippen LogP contribution in [-0.4, -0.2) is 68.6 Å². The summed E-state index contributed by atoms with van der Waals surface area (Å²) in [5, 5.41) is 0.682. The van der Waals surface area contributed by atoms with Gasteiger partial charge in [0.15, 0.2) is 0 Å². The van der Waals surface area contributed by atoms with Crippen LogP contribution in [0.25, 0.3) is 10.9 Å². The normalized spacial score (nSPS) is 11.8. The van der Waals surface area contributed by atoms with Crippen molar-refractivity contribution >= 4 is 31.0 Å². The molecule has 0 amide bonds. The number of aromatic amines is 1. The van der Waals surface area contributed by atoms with Gasteiger partial charge in [-0.2, -0.15) is 0 Å². The molecule has 0 bridgehead atoms. The summed E-state index contributed by atoms with van der Waals surface area (Å²) >= 11 is 0. The lowest BCUT2D eigenvalue weighted by Crippen LogP contribution is -2.17. The van der Waals surface area contributed by atoms with Crippen LogP contribution in [0.3, 0.4) is 0 Å². The Balaban J connectivity index is 0.00000648. The molecule has 0 radical (unpaired) electrons. The average molecular weight is 519 g/mol. The number of phosphoric ester groups is 1. The molecule has 0 aliphatic carbocycles. The Morgan fingerprint density at radius 3 is 2.09 bits per heavy atom. The summed E-state index contributed by atoms with van der Waals surface area (Å²) in [4.78, 5) is 28.4. The van der Waals surface area contributed by atoms with Crippen molar-refractivity contribution in [1.29, 1.82) is 0 Å². The first-order chi connectivity index (χ1) is 16.5. The van der Waals surface area contributed by atoms with Gasteiger partial charge in [-0.3, -0.25) is 0 Å². The molecular weight excluding hydrogens is 483 g/mol. The van der Waals surface area contributed by atoms with Gasteiger partial charge in [0.1, 0.15) is 5.75 Å². The van der Waals surface area contributed by atoms with Crippen molar-refractivity contribution in [3.05, 3.63) is 30.0 Å². The van der Waals surface area contributed by atoms with Gasteiger partial charge in [-0.15, -0.1) is 0 Å². The second-order valence-electron chi connectivity index (χ2n) is 8.20. The molecule has 2 aromatic rings. The number of rotatable bonds is 13. The monoisotopic (exact) mass is 518 g/mol. The van der Waals surface area contributed by atoms with Gasteiger partial charge in [-0.25, -0.2) is 23.2 Å². The van der Waals surface area contributed by atoms with Crippen LogP contribution in [-0.2, 0) is 39.0 Å². The van der Waals surface area contributed by atoms with Crippen LogP contribution in [0, 0.1) is 0 Å². The summed E-state index contributed by atoms with van der Waals surface area (Å²) in [6.45, 7) is 5.72. The number of nitrogens with one attached hydrogen (secondary N) is 1. The number of aromatic nitrogens is 1. The number of hydrogen-bond acceptors (Lipinski definition) is 11. The Kier molecular flexibility index (Phi) is 10.8. The Labute approximate surface area is 205 Å². The Morgan fingerprint density at radius 1 is 1.00 bits per heavy atom. The largest absolute Gasteiger partial charge is 0.535 e. The van der Waals surface area contributed by atoms with Gasteiger partial charge >= 0.3 is 20.1 Å². The smallest absolute Gasteiger partial charge is 0.432 e. The predicted molar refractivity (Wildman–Crippen MR) is 128 cm³/mol. The van der Waals surface area contributed by atoms with Crippen LogP contribution in [0.1, 0.15) is 34.7 Å². The predicted octanol–water partition coefficient (Wildman–Crippen LogP) is 5.08. The van der Waals surface area contributed by atoms with Gasteiger partial charge in [0, 0.05) is 25.1 Å². The maximum Gasteiger partial charge on any atom is 0.535 e. The van der Waals surface area contributed by atoms with E-state index in [1.165, 1.54) is 0 Å². The molecule has 198 valence electrons. The third-order valence-electron chi connectivity index (χ3n) is 4.23. The number of nitrogens with zero attached hydrogens (tertiary/aromatic N) is 1. The first kappa shape index (κ1) is 28.4. The highest BCUT2D eigenvalue weighted by molar-refractivity contribution is 7.48. The second-order valence-corrected chi connectivity index (χ2v) is 9.79. The topological polar surface area (TPSA) is 135 Å². The van der Waals surface area contributed by atoms with E-state index in [1.54, 1.807) is 39.8 Å². The third kappa shape index (κ3) is 9.77. The number of hydrogen-bond donors (Lipinski definition) is 1. The summed E-state index contributed by atoms with van der Waals surface area (Å²) in [6.07, 6.45) is -0.371. The summed E-state index contributed by atoms with van der Waals surface area (Å²) in [5.74, 6) is 0.204. The van der Waals surface area contributed by atoms with E-state index in [2.05, 4.69) is 4.98 Å². The second kappa shape index (κ2) is 13.3. The van der Waals surface area contributed by atoms with E-state index in [0.717, 1.165) is 17.6 Å². The van der Waals surface area contributed by atoms with Crippen LogP contribution in [0.15, 0.2) is 24.4 Å². The number of ether oxygens (including phenoxy) is 4. The fourth-order valence-corrected chi connectivity index (χ4v) is 3.71. The molecule has 1 aromatic heterocycles. The van der Waals surface area contributed by atoms with E-state index in [-0.39, 0.29) is 7.18 Å². The zero-order chi connectivity index (χ0) is 26.0. The lowest BCUT2D eigenvalue weighted by molar-refractivity contribution is -0.0388. The van der Waals surface area contributed by atoms with Gasteiger partial charge in [0.25, 0.3) is 0 Å². The molecule has 13 heteroatoms. The zero-order valence-electron chi connectivity index (χ0n) is 20.8. The number of benzene rings is 1. The summed E-state index contributed by atoms with van der Waals surface area (Å²) in [5.41, 5.74) is 1.67. The molecular formula is C22H35N2O10P. The lowest BCUT2D eigenvalue weighted by atomic mass is 10.1. The molecule has 35 heavy (non-hydrogen) atoms. The minimum atomic E-state index is -4.45. The molecule has 0 saturated carbocycles. The minimum Gasteiger partial charge on any atom is -0.432 e. The van der Waals surface area contributed by atoms with E-state index in [0.29, 0.717) is 11.8 Å². The first-order valence-corrected chi connectivity index (χ1v) is 12.4. The fraction of sp³-hybridized carbons (Fsp3) is 0.545. The van der Waals surface area contributed by atoms with Gasteiger partial charge in [0.05, 0.1) is 12.2 Å².